The molecule has 0 saturated heterocycles. The first-order chi connectivity index (χ1) is 7.68. The molecule has 5 nitrogen and oxygen atoms in total. The molecule has 0 heterocycles. The van der Waals surface area contributed by atoms with E-state index in [1.807, 2.05) is 30.3 Å². The average molecular weight is 223 g/mol. The second-order valence-corrected chi connectivity index (χ2v) is 3.31. The van der Waals surface area contributed by atoms with Gasteiger partial charge in [0, 0.05) is 11.3 Å². The van der Waals surface area contributed by atoms with Crippen LogP contribution in [0.1, 0.15) is 18.4 Å². The molecule has 0 aliphatic carbocycles. The lowest BCUT2D eigenvalue weighted by molar-refractivity contribution is -0.480. The zero-order chi connectivity index (χ0) is 11.8. The fourth-order valence-corrected chi connectivity index (χ4v) is 1.16. The molecule has 0 amide bonds. The second-order valence-electron chi connectivity index (χ2n) is 3.31. The van der Waals surface area contributed by atoms with E-state index in [9.17, 15) is 14.9 Å². The van der Waals surface area contributed by atoms with Crippen LogP contribution in [0.5, 0.6) is 0 Å². The Hall–Kier alpha value is -1.91. The summed E-state index contributed by atoms with van der Waals surface area (Å²) < 4.78 is 4.95. The van der Waals surface area contributed by atoms with Gasteiger partial charge in [0.05, 0.1) is 6.42 Å². The summed E-state index contributed by atoms with van der Waals surface area (Å²) in [7, 11) is 0. The summed E-state index contributed by atoms with van der Waals surface area (Å²) in [4.78, 5) is 20.7. The summed E-state index contributed by atoms with van der Waals surface area (Å²) in [6, 6.07) is 9.29. The van der Waals surface area contributed by atoms with Gasteiger partial charge in [0.1, 0.15) is 6.61 Å². The lowest BCUT2D eigenvalue weighted by Gasteiger charge is -2.03. The molecule has 1 rings (SSSR count). The summed E-state index contributed by atoms with van der Waals surface area (Å²) in [5.41, 5.74) is 0.908. The third-order valence-corrected chi connectivity index (χ3v) is 1.96. The number of nitro groups is 1. The van der Waals surface area contributed by atoms with Crippen LogP contribution in [0.25, 0.3) is 0 Å². The van der Waals surface area contributed by atoms with Crippen LogP contribution in [0.2, 0.25) is 0 Å². The van der Waals surface area contributed by atoms with Crippen molar-refractivity contribution in [2.45, 2.75) is 19.4 Å². The maximum absolute atomic E-state index is 11.2. The molecule has 0 N–H and O–H groups in total. The third kappa shape index (κ3) is 5.09. The zero-order valence-electron chi connectivity index (χ0n) is 8.80. The molecule has 5 heteroatoms. The van der Waals surface area contributed by atoms with Crippen molar-refractivity contribution >= 4 is 5.97 Å². The molecule has 0 aromatic heterocycles. The fourth-order valence-electron chi connectivity index (χ4n) is 1.16. The van der Waals surface area contributed by atoms with Crippen molar-refractivity contribution in [2.75, 3.05) is 6.54 Å². The molecule has 0 fully saturated rings. The summed E-state index contributed by atoms with van der Waals surface area (Å²) in [6.45, 7) is 0.0264. The monoisotopic (exact) mass is 223 g/mol. The Morgan fingerprint density at radius 3 is 2.62 bits per heavy atom. The van der Waals surface area contributed by atoms with Gasteiger partial charge in [0.15, 0.2) is 0 Å². The van der Waals surface area contributed by atoms with Gasteiger partial charge in [0.25, 0.3) is 0 Å². The lowest BCUT2D eigenvalue weighted by Crippen LogP contribution is -2.08. The Bertz CT molecular complexity index is 350. The molecule has 0 unspecified atom stereocenters. The summed E-state index contributed by atoms with van der Waals surface area (Å²) in [5, 5.41) is 10.0. The molecule has 0 aliphatic rings. The average Bonchev–Trinajstić information content (AvgIpc) is 2.27. The van der Waals surface area contributed by atoms with Gasteiger partial charge in [0.2, 0.25) is 6.54 Å². The first-order valence-electron chi connectivity index (χ1n) is 5.00. The fraction of sp³-hybridized carbons (Fsp3) is 0.364. The Morgan fingerprint density at radius 1 is 1.31 bits per heavy atom. The highest BCUT2D eigenvalue weighted by molar-refractivity contribution is 5.69. The number of nitrogens with zero attached hydrogens (tertiary/aromatic N) is 1. The Kier molecular flexibility index (Phi) is 4.98. The van der Waals surface area contributed by atoms with Gasteiger partial charge < -0.3 is 4.74 Å². The van der Waals surface area contributed by atoms with E-state index in [0.717, 1.165) is 5.56 Å². The predicted octanol–water partition coefficient (Wildman–Crippen LogP) is 1.79. The van der Waals surface area contributed by atoms with Gasteiger partial charge in [-0.05, 0) is 5.56 Å². The standard InChI is InChI=1S/C11H13NO4/c13-11(7-4-8-12(14)15)16-9-10-5-2-1-3-6-10/h1-3,5-6H,4,7-9H2. The maximum Gasteiger partial charge on any atom is 0.306 e. The van der Waals surface area contributed by atoms with E-state index in [1.54, 1.807) is 0 Å². The number of carbonyl (C=O) groups excluding carboxylic acids is 1. The first kappa shape index (κ1) is 12.2. The molecule has 1 aromatic rings. The number of esters is 1. The van der Waals surface area contributed by atoms with Gasteiger partial charge in [-0.2, -0.15) is 0 Å². The van der Waals surface area contributed by atoms with Crippen LogP contribution in [0.3, 0.4) is 0 Å². The van der Waals surface area contributed by atoms with Gasteiger partial charge in [-0.1, -0.05) is 30.3 Å². The minimum Gasteiger partial charge on any atom is -0.461 e. The Balaban J connectivity index is 2.18. The molecule has 1 aromatic carbocycles. The minimum atomic E-state index is -0.440. The van der Waals surface area contributed by atoms with Crippen molar-refractivity contribution < 1.29 is 14.5 Å². The summed E-state index contributed by atoms with van der Waals surface area (Å²) >= 11 is 0. The zero-order valence-corrected chi connectivity index (χ0v) is 8.80. The van der Waals surface area contributed by atoms with Gasteiger partial charge >= 0.3 is 5.97 Å². The van der Waals surface area contributed by atoms with Crippen LogP contribution in [-0.2, 0) is 16.1 Å². The third-order valence-electron chi connectivity index (χ3n) is 1.96. The number of hydrogen-bond acceptors (Lipinski definition) is 4. The van der Waals surface area contributed by atoms with E-state index in [0.29, 0.717) is 0 Å². The second kappa shape index (κ2) is 6.55. The molecular formula is C11H13NO4. The predicted molar refractivity (Wildman–Crippen MR) is 57.3 cm³/mol. The van der Waals surface area contributed by atoms with E-state index in [4.69, 9.17) is 4.74 Å². The van der Waals surface area contributed by atoms with Gasteiger partial charge in [-0.3, -0.25) is 14.9 Å². The van der Waals surface area contributed by atoms with Crippen LogP contribution in [0, 0.1) is 10.1 Å². The van der Waals surface area contributed by atoms with Crippen molar-refractivity contribution in [3.63, 3.8) is 0 Å². The number of rotatable bonds is 6. The van der Waals surface area contributed by atoms with Crippen molar-refractivity contribution in [3.05, 3.63) is 46.0 Å². The van der Waals surface area contributed by atoms with Gasteiger partial charge in [-0.15, -0.1) is 0 Å². The maximum atomic E-state index is 11.2. The molecule has 16 heavy (non-hydrogen) atoms. The molecule has 0 saturated carbocycles. The topological polar surface area (TPSA) is 69.4 Å². The highest BCUT2D eigenvalue weighted by atomic mass is 16.6. The SMILES string of the molecule is O=C(CCC[N+](=O)[O-])OCc1ccccc1. The van der Waals surface area contributed by atoms with Crippen molar-refractivity contribution in [1.82, 2.24) is 0 Å². The number of benzene rings is 1. The molecule has 0 bridgehead atoms. The highest BCUT2D eigenvalue weighted by Gasteiger charge is 2.05. The highest BCUT2D eigenvalue weighted by Crippen LogP contribution is 2.02. The largest absolute Gasteiger partial charge is 0.461 e. The number of carbonyl (C=O) groups is 1. The van der Waals surface area contributed by atoms with Gasteiger partial charge in [-0.25, -0.2) is 0 Å². The molecule has 0 spiro atoms. The van der Waals surface area contributed by atoms with Crippen molar-refractivity contribution in [1.29, 1.82) is 0 Å². The molecular weight excluding hydrogens is 210 g/mol. The first-order valence-corrected chi connectivity index (χ1v) is 5.00. The van der Waals surface area contributed by atoms with E-state index < -0.39 is 10.9 Å². The Morgan fingerprint density at radius 2 is 2.00 bits per heavy atom. The minimum absolute atomic E-state index is 0.0911. The van der Waals surface area contributed by atoms with Crippen LogP contribution >= 0.6 is 0 Å². The lowest BCUT2D eigenvalue weighted by atomic mass is 10.2. The normalized spacial score (nSPS) is 9.75. The van der Waals surface area contributed by atoms with Crippen molar-refractivity contribution in [2.24, 2.45) is 0 Å². The van der Waals surface area contributed by atoms with E-state index in [-0.39, 0.29) is 26.0 Å². The summed E-state index contributed by atoms with van der Waals surface area (Å²) in [6.07, 6.45) is 0.314. The van der Waals surface area contributed by atoms with E-state index >= 15 is 0 Å². The van der Waals surface area contributed by atoms with Crippen LogP contribution < -0.4 is 0 Å². The van der Waals surface area contributed by atoms with Crippen LogP contribution in [0.15, 0.2) is 30.3 Å². The smallest absolute Gasteiger partial charge is 0.306 e. The number of ether oxygens (including phenoxy) is 1. The van der Waals surface area contributed by atoms with Crippen LogP contribution in [0.4, 0.5) is 0 Å². The molecule has 86 valence electrons. The number of hydrogen-bond donors (Lipinski definition) is 0. The van der Waals surface area contributed by atoms with Crippen LogP contribution in [-0.4, -0.2) is 17.4 Å². The summed E-state index contributed by atoms with van der Waals surface area (Å²) in [5.74, 6) is -0.397. The van der Waals surface area contributed by atoms with Crippen molar-refractivity contribution in [3.8, 4) is 0 Å². The van der Waals surface area contributed by atoms with E-state index in [2.05, 4.69) is 0 Å². The van der Waals surface area contributed by atoms with E-state index in [1.165, 1.54) is 0 Å². The Labute approximate surface area is 93.2 Å². The molecule has 0 aliphatic heterocycles. The molecule has 0 radical (unpaired) electrons. The quantitative estimate of drug-likeness (QED) is 0.419. The molecule has 0 atom stereocenters.